The highest BCUT2D eigenvalue weighted by Gasteiger charge is 2.08. The molecule has 1 atom stereocenters. The van der Waals surface area contributed by atoms with Gasteiger partial charge >= 0.3 is 0 Å². The summed E-state index contributed by atoms with van der Waals surface area (Å²) in [4.78, 5) is 0. The monoisotopic (exact) mass is 280 g/mol. The second kappa shape index (κ2) is 9.61. The second-order valence-corrected chi connectivity index (χ2v) is 5.00. The van der Waals surface area contributed by atoms with E-state index in [-0.39, 0.29) is 0 Å². The molecule has 0 aliphatic carbocycles. The maximum atomic E-state index is 5.53. The van der Waals surface area contributed by atoms with Crippen LogP contribution in [0.4, 0.5) is 0 Å². The van der Waals surface area contributed by atoms with Gasteiger partial charge in [0.15, 0.2) is 11.5 Å². The molecule has 0 aliphatic rings. The maximum absolute atomic E-state index is 5.53. The first-order valence-electron chi connectivity index (χ1n) is 7.33. The summed E-state index contributed by atoms with van der Waals surface area (Å²) < 4.78 is 10.6. The van der Waals surface area contributed by atoms with Crippen molar-refractivity contribution in [2.45, 2.75) is 38.1 Å². The van der Waals surface area contributed by atoms with Gasteiger partial charge in [-0.1, -0.05) is 12.5 Å². The van der Waals surface area contributed by atoms with Gasteiger partial charge < -0.3 is 20.5 Å². The Morgan fingerprint density at radius 1 is 1.10 bits per heavy atom. The van der Waals surface area contributed by atoms with Crippen LogP contribution in [0.3, 0.4) is 0 Å². The van der Waals surface area contributed by atoms with Crippen molar-refractivity contribution >= 4 is 0 Å². The molecule has 0 saturated carbocycles. The second-order valence-electron chi connectivity index (χ2n) is 5.00. The first kappa shape index (κ1) is 16.8. The summed E-state index contributed by atoms with van der Waals surface area (Å²) in [5.41, 5.74) is 6.81. The Morgan fingerprint density at radius 3 is 2.45 bits per heavy atom. The summed E-state index contributed by atoms with van der Waals surface area (Å²) in [5.74, 6) is 1.58. The molecule has 0 amide bonds. The number of hydrogen-bond acceptors (Lipinski definition) is 4. The summed E-state index contributed by atoms with van der Waals surface area (Å²) in [6.07, 6.45) is 5.63. The zero-order chi connectivity index (χ0) is 14.8. The van der Waals surface area contributed by atoms with Crippen LogP contribution in [-0.4, -0.2) is 33.9 Å². The SMILES string of the molecule is CNC(CCCCN)CCc1ccc(OC)c(OC)c1. The van der Waals surface area contributed by atoms with Crippen molar-refractivity contribution in [3.8, 4) is 11.5 Å². The van der Waals surface area contributed by atoms with Crippen LogP contribution in [0.5, 0.6) is 11.5 Å². The van der Waals surface area contributed by atoms with Crippen molar-refractivity contribution in [3.63, 3.8) is 0 Å². The van der Waals surface area contributed by atoms with E-state index in [1.165, 1.54) is 18.4 Å². The van der Waals surface area contributed by atoms with Crippen LogP contribution in [0, 0.1) is 0 Å². The number of nitrogens with one attached hydrogen (secondary N) is 1. The molecule has 1 aromatic carbocycles. The molecule has 114 valence electrons. The van der Waals surface area contributed by atoms with Gasteiger partial charge in [-0.3, -0.25) is 0 Å². The van der Waals surface area contributed by atoms with Crippen LogP contribution in [0.25, 0.3) is 0 Å². The zero-order valence-corrected chi connectivity index (χ0v) is 12.9. The lowest BCUT2D eigenvalue weighted by Crippen LogP contribution is -2.25. The topological polar surface area (TPSA) is 56.5 Å². The molecule has 1 rings (SSSR count). The van der Waals surface area contributed by atoms with Gasteiger partial charge in [0, 0.05) is 6.04 Å². The smallest absolute Gasteiger partial charge is 0.160 e. The van der Waals surface area contributed by atoms with Gasteiger partial charge in [-0.05, 0) is 57.0 Å². The van der Waals surface area contributed by atoms with Crippen LogP contribution in [0.1, 0.15) is 31.2 Å². The quantitative estimate of drug-likeness (QED) is 0.646. The van der Waals surface area contributed by atoms with Gasteiger partial charge in [-0.2, -0.15) is 0 Å². The molecule has 1 aromatic rings. The van der Waals surface area contributed by atoms with Crippen molar-refractivity contribution in [2.24, 2.45) is 5.73 Å². The van der Waals surface area contributed by atoms with Crippen molar-refractivity contribution in [1.82, 2.24) is 5.32 Å². The van der Waals surface area contributed by atoms with Crippen LogP contribution in [-0.2, 0) is 6.42 Å². The minimum atomic E-state index is 0.551. The van der Waals surface area contributed by atoms with Gasteiger partial charge in [0.2, 0.25) is 0 Å². The van der Waals surface area contributed by atoms with Crippen molar-refractivity contribution in [1.29, 1.82) is 0 Å². The number of nitrogens with two attached hydrogens (primary N) is 1. The number of benzene rings is 1. The van der Waals surface area contributed by atoms with E-state index in [0.29, 0.717) is 6.04 Å². The van der Waals surface area contributed by atoms with Gasteiger partial charge in [-0.25, -0.2) is 0 Å². The molecule has 0 radical (unpaired) electrons. The highest BCUT2D eigenvalue weighted by atomic mass is 16.5. The van der Waals surface area contributed by atoms with E-state index in [1.54, 1.807) is 14.2 Å². The molecule has 1 unspecified atom stereocenters. The first-order valence-corrected chi connectivity index (χ1v) is 7.33. The van der Waals surface area contributed by atoms with E-state index < -0.39 is 0 Å². The highest BCUT2D eigenvalue weighted by Crippen LogP contribution is 2.28. The Labute approximate surface area is 122 Å². The number of hydrogen-bond donors (Lipinski definition) is 2. The summed E-state index contributed by atoms with van der Waals surface area (Å²) in [5, 5.41) is 3.39. The van der Waals surface area contributed by atoms with Gasteiger partial charge in [0.1, 0.15) is 0 Å². The molecule has 0 fully saturated rings. The summed E-state index contributed by atoms with van der Waals surface area (Å²) >= 11 is 0. The molecule has 4 nitrogen and oxygen atoms in total. The Hall–Kier alpha value is -1.26. The lowest BCUT2D eigenvalue weighted by Gasteiger charge is -2.16. The predicted octanol–water partition coefficient (Wildman–Crippen LogP) is 2.35. The zero-order valence-electron chi connectivity index (χ0n) is 12.9. The van der Waals surface area contributed by atoms with Crippen molar-refractivity contribution < 1.29 is 9.47 Å². The van der Waals surface area contributed by atoms with Crippen molar-refractivity contribution in [3.05, 3.63) is 23.8 Å². The minimum absolute atomic E-state index is 0.551. The molecule has 0 aromatic heterocycles. The summed E-state index contributed by atoms with van der Waals surface area (Å²) in [6.45, 7) is 0.784. The van der Waals surface area contributed by atoms with Crippen LogP contribution in [0.2, 0.25) is 0 Å². The predicted molar refractivity (Wildman–Crippen MR) is 83.6 cm³/mol. The fourth-order valence-corrected chi connectivity index (χ4v) is 2.35. The fraction of sp³-hybridized carbons (Fsp3) is 0.625. The minimum Gasteiger partial charge on any atom is -0.493 e. The van der Waals surface area contributed by atoms with Crippen LogP contribution >= 0.6 is 0 Å². The lowest BCUT2D eigenvalue weighted by atomic mass is 10.0. The number of ether oxygens (including phenoxy) is 2. The van der Waals surface area contributed by atoms with Gasteiger partial charge in [0.25, 0.3) is 0 Å². The summed E-state index contributed by atoms with van der Waals surface area (Å²) in [6, 6.07) is 6.69. The normalized spacial score (nSPS) is 12.2. The van der Waals surface area contributed by atoms with E-state index >= 15 is 0 Å². The Bertz CT molecular complexity index is 383. The molecule has 20 heavy (non-hydrogen) atoms. The number of aryl methyl sites for hydroxylation is 1. The number of methoxy groups -OCH3 is 2. The lowest BCUT2D eigenvalue weighted by molar-refractivity contribution is 0.354. The van der Waals surface area contributed by atoms with E-state index in [0.717, 1.165) is 37.3 Å². The van der Waals surface area contributed by atoms with E-state index in [9.17, 15) is 0 Å². The third-order valence-corrected chi connectivity index (χ3v) is 3.64. The standard InChI is InChI=1S/C16H28N2O2/c1-18-14(6-4-5-11-17)9-7-13-8-10-15(19-2)16(12-13)20-3/h8,10,12,14,18H,4-7,9,11,17H2,1-3H3. The van der Waals surface area contributed by atoms with Crippen molar-refractivity contribution in [2.75, 3.05) is 27.8 Å². The van der Waals surface area contributed by atoms with Crippen LogP contribution in [0.15, 0.2) is 18.2 Å². The fourth-order valence-electron chi connectivity index (χ4n) is 2.35. The highest BCUT2D eigenvalue weighted by molar-refractivity contribution is 5.42. The number of unbranched alkanes of at least 4 members (excludes halogenated alkanes) is 1. The van der Waals surface area contributed by atoms with Gasteiger partial charge in [0.05, 0.1) is 14.2 Å². The molecule has 0 spiro atoms. The molecule has 0 aliphatic heterocycles. The molecule has 3 N–H and O–H groups in total. The largest absolute Gasteiger partial charge is 0.493 e. The molecule has 0 bridgehead atoms. The Balaban J connectivity index is 2.50. The average Bonchev–Trinajstić information content (AvgIpc) is 2.50. The average molecular weight is 280 g/mol. The molecule has 4 heteroatoms. The molecule has 0 heterocycles. The third kappa shape index (κ3) is 5.39. The summed E-state index contributed by atoms with van der Waals surface area (Å²) in [7, 11) is 5.36. The van der Waals surface area contributed by atoms with Gasteiger partial charge in [-0.15, -0.1) is 0 Å². The van der Waals surface area contributed by atoms with E-state index in [1.807, 2.05) is 13.1 Å². The van der Waals surface area contributed by atoms with Crippen LogP contribution < -0.4 is 20.5 Å². The Morgan fingerprint density at radius 2 is 1.85 bits per heavy atom. The molecular weight excluding hydrogens is 252 g/mol. The third-order valence-electron chi connectivity index (χ3n) is 3.64. The maximum Gasteiger partial charge on any atom is 0.160 e. The first-order chi connectivity index (χ1) is 9.74. The number of rotatable bonds is 10. The van der Waals surface area contributed by atoms with E-state index in [2.05, 4.69) is 17.4 Å². The van der Waals surface area contributed by atoms with E-state index in [4.69, 9.17) is 15.2 Å². The molecular formula is C16H28N2O2. The Kier molecular flexibility index (Phi) is 8.07. The molecule has 0 saturated heterocycles.